The third-order valence-corrected chi connectivity index (χ3v) is 4.34. The number of halogens is 2. The second-order valence-electron chi connectivity index (χ2n) is 5.08. The average molecular weight is 276 g/mol. The van der Waals surface area contributed by atoms with Gasteiger partial charge in [-0.05, 0) is 26.2 Å². The molecule has 102 valence electrons. The summed E-state index contributed by atoms with van der Waals surface area (Å²) in [5.41, 5.74) is 5.73. The van der Waals surface area contributed by atoms with E-state index in [0.29, 0.717) is 18.1 Å². The van der Waals surface area contributed by atoms with Crippen molar-refractivity contribution in [2.45, 2.75) is 50.2 Å². The fourth-order valence-electron chi connectivity index (χ4n) is 2.25. The maximum atomic E-state index is 13.1. The van der Waals surface area contributed by atoms with Crippen molar-refractivity contribution in [1.82, 2.24) is 14.8 Å². The molecule has 0 aliphatic heterocycles. The molecule has 0 aromatic carbocycles. The van der Waals surface area contributed by atoms with Crippen LogP contribution in [0.15, 0.2) is 5.16 Å². The Morgan fingerprint density at radius 2 is 2.22 bits per heavy atom. The number of hydrogen-bond acceptors (Lipinski definition) is 4. The summed E-state index contributed by atoms with van der Waals surface area (Å²) in [6.45, 7) is 3.99. The van der Waals surface area contributed by atoms with Crippen LogP contribution < -0.4 is 5.73 Å². The molecule has 1 unspecified atom stereocenters. The van der Waals surface area contributed by atoms with Crippen LogP contribution in [0, 0.1) is 5.92 Å². The lowest BCUT2D eigenvalue weighted by Crippen LogP contribution is -2.11. The molecule has 0 saturated heterocycles. The summed E-state index contributed by atoms with van der Waals surface area (Å²) in [5, 5.41) is 8.55. The SMILES string of the molecule is CC(C)n1c(N)nnc1SCC1CCC(F)(F)C1. The van der Waals surface area contributed by atoms with E-state index < -0.39 is 5.92 Å². The van der Waals surface area contributed by atoms with Gasteiger partial charge in [-0.1, -0.05) is 11.8 Å². The first-order chi connectivity index (χ1) is 8.39. The normalized spacial score (nSPS) is 22.8. The van der Waals surface area contributed by atoms with Crippen molar-refractivity contribution in [2.24, 2.45) is 5.92 Å². The van der Waals surface area contributed by atoms with Crippen LogP contribution in [0.25, 0.3) is 0 Å². The molecule has 0 spiro atoms. The van der Waals surface area contributed by atoms with Gasteiger partial charge in [0.1, 0.15) is 0 Å². The fraction of sp³-hybridized carbons (Fsp3) is 0.818. The lowest BCUT2D eigenvalue weighted by Gasteiger charge is -2.13. The van der Waals surface area contributed by atoms with Crippen molar-refractivity contribution in [3.63, 3.8) is 0 Å². The summed E-state index contributed by atoms with van der Waals surface area (Å²) in [6.07, 6.45) is 0.591. The van der Waals surface area contributed by atoms with Crippen LogP contribution in [0.1, 0.15) is 39.2 Å². The summed E-state index contributed by atoms with van der Waals surface area (Å²) in [7, 11) is 0. The minimum absolute atomic E-state index is 0.00863. The Kier molecular flexibility index (Phi) is 3.79. The Morgan fingerprint density at radius 1 is 1.50 bits per heavy atom. The Morgan fingerprint density at radius 3 is 2.78 bits per heavy atom. The Balaban J connectivity index is 1.95. The third-order valence-electron chi connectivity index (χ3n) is 3.16. The van der Waals surface area contributed by atoms with Gasteiger partial charge in [0.2, 0.25) is 11.9 Å². The van der Waals surface area contributed by atoms with E-state index in [0.717, 1.165) is 5.16 Å². The smallest absolute Gasteiger partial charge is 0.248 e. The van der Waals surface area contributed by atoms with Gasteiger partial charge < -0.3 is 5.73 Å². The molecule has 7 heteroatoms. The molecule has 1 aromatic rings. The minimum atomic E-state index is -2.48. The summed E-state index contributed by atoms with van der Waals surface area (Å²) >= 11 is 1.47. The van der Waals surface area contributed by atoms with Gasteiger partial charge in [-0.3, -0.25) is 4.57 Å². The number of nitrogens with two attached hydrogens (primary N) is 1. The first-order valence-electron chi connectivity index (χ1n) is 6.10. The van der Waals surface area contributed by atoms with Gasteiger partial charge in [0.05, 0.1) is 0 Å². The number of alkyl halides is 2. The van der Waals surface area contributed by atoms with Gasteiger partial charge >= 0.3 is 0 Å². The molecule has 1 aromatic heterocycles. The predicted octanol–water partition coefficient (Wildman–Crippen LogP) is 2.97. The zero-order valence-electron chi connectivity index (χ0n) is 10.6. The molecule has 4 nitrogen and oxygen atoms in total. The van der Waals surface area contributed by atoms with Gasteiger partial charge in [-0.25, -0.2) is 8.78 Å². The highest BCUT2D eigenvalue weighted by Crippen LogP contribution is 2.41. The van der Waals surface area contributed by atoms with Crippen molar-refractivity contribution < 1.29 is 8.78 Å². The molecular formula is C11H18F2N4S. The molecule has 1 saturated carbocycles. The standard InChI is InChI=1S/C11H18F2N4S/c1-7(2)17-9(14)15-16-10(17)18-6-8-3-4-11(12,13)5-8/h7-8H,3-6H2,1-2H3,(H2,14,15). The number of anilines is 1. The Labute approximate surface area is 109 Å². The molecule has 0 bridgehead atoms. The van der Waals surface area contributed by atoms with Gasteiger partial charge in [0, 0.05) is 24.6 Å². The fourth-order valence-corrected chi connectivity index (χ4v) is 3.46. The van der Waals surface area contributed by atoms with E-state index in [-0.39, 0.29) is 24.8 Å². The van der Waals surface area contributed by atoms with Crippen molar-refractivity contribution >= 4 is 17.7 Å². The van der Waals surface area contributed by atoms with Gasteiger partial charge in [0.15, 0.2) is 5.16 Å². The number of aromatic nitrogens is 3. The summed E-state index contributed by atoms with van der Waals surface area (Å²) in [5.74, 6) is -1.39. The Bertz CT molecular complexity index is 419. The molecule has 1 aliphatic rings. The average Bonchev–Trinajstić information content (AvgIpc) is 2.78. The monoisotopic (exact) mass is 276 g/mol. The molecule has 1 fully saturated rings. The van der Waals surface area contributed by atoms with E-state index >= 15 is 0 Å². The third kappa shape index (κ3) is 2.93. The second-order valence-corrected chi connectivity index (χ2v) is 6.07. The summed E-state index contributed by atoms with van der Waals surface area (Å²) < 4.78 is 28.0. The first-order valence-corrected chi connectivity index (χ1v) is 7.08. The molecule has 2 N–H and O–H groups in total. The topological polar surface area (TPSA) is 56.7 Å². The van der Waals surface area contributed by atoms with E-state index in [9.17, 15) is 8.78 Å². The molecule has 18 heavy (non-hydrogen) atoms. The van der Waals surface area contributed by atoms with Crippen molar-refractivity contribution in [3.05, 3.63) is 0 Å². The van der Waals surface area contributed by atoms with E-state index in [1.807, 2.05) is 18.4 Å². The highest BCUT2D eigenvalue weighted by molar-refractivity contribution is 7.99. The zero-order chi connectivity index (χ0) is 13.3. The van der Waals surface area contributed by atoms with Crippen LogP contribution in [0.5, 0.6) is 0 Å². The van der Waals surface area contributed by atoms with Crippen LogP contribution in [-0.2, 0) is 0 Å². The predicted molar refractivity (Wildman–Crippen MR) is 67.8 cm³/mol. The molecule has 1 aliphatic carbocycles. The van der Waals surface area contributed by atoms with Crippen LogP contribution in [0.2, 0.25) is 0 Å². The highest BCUT2D eigenvalue weighted by atomic mass is 32.2. The largest absolute Gasteiger partial charge is 0.368 e. The lowest BCUT2D eigenvalue weighted by atomic mass is 10.1. The van der Waals surface area contributed by atoms with Crippen molar-refractivity contribution in [1.29, 1.82) is 0 Å². The highest BCUT2D eigenvalue weighted by Gasteiger charge is 2.39. The van der Waals surface area contributed by atoms with Crippen LogP contribution in [0.4, 0.5) is 14.7 Å². The molecule has 2 rings (SSSR count). The zero-order valence-corrected chi connectivity index (χ0v) is 11.4. The van der Waals surface area contributed by atoms with Gasteiger partial charge in [-0.15, -0.1) is 10.2 Å². The van der Waals surface area contributed by atoms with Crippen LogP contribution in [-0.4, -0.2) is 26.4 Å². The van der Waals surface area contributed by atoms with E-state index in [4.69, 9.17) is 5.73 Å². The number of nitrogen functional groups attached to an aromatic ring is 1. The van der Waals surface area contributed by atoms with Crippen LogP contribution >= 0.6 is 11.8 Å². The van der Waals surface area contributed by atoms with E-state index in [1.54, 1.807) is 0 Å². The van der Waals surface area contributed by atoms with Crippen molar-refractivity contribution in [3.8, 4) is 0 Å². The van der Waals surface area contributed by atoms with Gasteiger partial charge in [0.25, 0.3) is 0 Å². The minimum Gasteiger partial charge on any atom is -0.368 e. The van der Waals surface area contributed by atoms with Crippen LogP contribution in [0.3, 0.4) is 0 Å². The second kappa shape index (κ2) is 5.03. The number of nitrogens with zero attached hydrogens (tertiary/aromatic N) is 3. The maximum absolute atomic E-state index is 13.1. The summed E-state index contributed by atoms with van der Waals surface area (Å²) in [4.78, 5) is 0. The first kappa shape index (κ1) is 13.6. The molecule has 0 amide bonds. The Hall–Kier alpha value is -0.850. The molecular weight excluding hydrogens is 258 g/mol. The van der Waals surface area contributed by atoms with E-state index in [1.165, 1.54) is 11.8 Å². The maximum Gasteiger partial charge on any atom is 0.248 e. The summed E-state index contributed by atoms with van der Waals surface area (Å²) in [6, 6.07) is 0.174. The number of rotatable bonds is 4. The number of thioether (sulfide) groups is 1. The molecule has 0 radical (unpaired) electrons. The lowest BCUT2D eigenvalue weighted by molar-refractivity contribution is 0.00596. The quantitative estimate of drug-likeness (QED) is 0.859. The number of hydrogen-bond donors (Lipinski definition) is 1. The van der Waals surface area contributed by atoms with Gasteiger partial charge in [-0.2, -0.15) is 0 Å². The van der Waals surface area contributed by atoms with E-state index in [2.05, 4.69) is 10.2 Å². The molecule has 1 atom stereocenters. The molecule has 1 heterocycles. The van der Waals surface area contributed by atoms with Crippen molar-refractivity contribution in [2.75, 3.05) is 11.5 Å².